The lowest BCUT2D eigenvalue weighted by Crippen LogP contribution is -2.28. The summed E-state index contributed by atoms with van der Waals surface area (Å²) in [6, 6.07) is 8.53. The van der Waals surface area contributed by atoms with Crippen LogP contribution in [-0.2, 0) is 11.3 Å². The molecule has 0 unspecified atom stereocenters. The van der Waals surface area contributed by atoms with Crippen molar-refractivity contribution < 1.29 is 9.53 Å². The number of rotatable bonds is 5. The van der Waals surface area contributed by atoms with Gasteiger partial charge in [0.2, 0.25) is 5.91 Å². The van der Waals surface area contributed by atoms with Crippen molar-refractivity contribution in [1.29, 1.82) is 0 Å². The van der Waals surface area contributed by atoms with Crippen LogP contribution in [0.2, 0.25) is 5.02 Å². The van der Waals surface area contributed by atoms with Gasteiger partial charge in [0.15, 0.2) is 5.75 Å². The number of hydrogen-bond donors (Lipinski definition) is 1. The number of amides is 1. The Morgan fingerprint density at radius 3 is 2.82 bits per heavy atom. The zero-order valence-corrected chi connectivity index (χ0v) is 13.2. The molecule has 0 saturated carbocycles. The molecule has 2 aromatic rings. The number of nitrogens with one attached hydrogen (secondary N) is 1. The molecule has 1 heterocycles. The lowest BCUT2D eigenvalue weighted by Gasteiger charge is -2.11. The van der Waals surface area contributed by atoms with Crippen LogP contribution >= 0.6 is 11.6 Å². The zero-order valence-electron chi connectivity index (χ0n) is 12.4. The molecule has 0 aliphatic heterocycles. The number of benzene rings is 1. The SMILES string of the molecule is CCOc1cccn(CC(=O)Nc2cccc(Cl)c2C)c1=O. The Labute approximate surface area is 133 Å². The van der Waals surface area contributed by atoms with E-state index in [-0.39, 0.29) is 23.8 Å². The Balaban J connectivity index is 2.14. The van der Waals surface area contributed by atoms with E-state index in [1.807, 2.05) is 6.92 Å². The maximum absolute atomic E-state index is 12.1. The standard InChI is InChI=1S/C16H17ClN2O3/c1-3-22-14-8-5-9-19(16(14)21)10-15(20)18-13-7-4-6-12(17)11(13)2/h4-9H,3,10H2,1-2H3,(H,18,20). The van der Waals surface area contributed by atoms with E-state index in [9.17, 15) is 9.59 Å². The van der Waals surface area contributed by atoms with E-state index in [1.54, 1.807) is 43.5 Å². The molecular formula is C16H17ClN2O3. The quantitative estimate of drug-likeness (QED) is 0.921. The van der Waals surface area contributed by atoms with Gasteiger partial charge in [-0.2, -0.15) is 0 Å². The van der Waals surface area contributed by atoms with Crippen LogP contribution in [0.15, 0.2) is 41.3 Å². The van der Waals surface area contributed by atoms with Gasteiger partial charge in [-0.05, 0) is 43.7 Å². The van der Waals surface area contributed by atoms with Gasteiger partial charge in [0.25, 0.3) is 5.56 Å². The van der Waals surface area contributed by atoms with Crippen LogP contribution in [0.4, 0.5) is 5.69 Å². The molecule has 0 radical (unpaired) electrons. The molecule has 0 fully saturated rings. The summed E-state index contributed by atoms with van der Waals surface area (Å²) in [5.41, 5.74) is 1.08. The summed E-state index contributed by atoms with van der Waals surface area (Å²) < 4.78 is 6.54. The van der Waals surface area contributed by atoms with Gasteiger partial charge in [-0.3, -0.25) is 9.59 Å². The first-order valence-electron chi connectivity index (χ1n) is 6.90. The number of pyridine rings is 1. The monoisotopic (exact) mass is 320 g/mol. The van der Waals surface area contributed by atoms with Crippen LogP contribution in [0, 0.1) is 6.92 Å². The highest BCUT2D eigenvalue weighted by Gasteiger charge is 2.10. The van der Waals surface area contributed by atoms with E-state index in [1.165, 1.54) is 4.57 Å². The maximum Gasteiger partial charge on any atom is 0.293 e. The maximum atomic E-state index is 12.1. The van der Waals surface area contributed by atoms with E-state index < -0.39 is 0 Å². The van der Waals surface area contributed by atoms with Crippen molar-refractivity contribution >= 4 is 23.2 Å². The van der Waals surface area contributed by atoms with Crippen molar-refractivity contribution in [2.75, 3.05) is 11.9 Å². The lowest BCUT2D eigenvalue weighted by atomic mass is 10.2. The Morgan fingerprint density at radius 1 is 1.32 bits per heavy atom. The Morgan fingerprint density at radius 2 is 2.09 bits per heavy atom. The molecule has 2 rings (SSSR count). The fourth-order valence-corrected chi connectivity index (χ4v) is 2.17. The van der Waals surface area contributed by atoms with Gasteiger partial charge in [0.05, 0.1) is 6.61 Å². The van der Waals surface area contributed by atoms with Crippen molar-refractivity contribution in [2.45, 2.75) is 20.4 Å². The minimum Gasteiger partial charge on any atom is -0.488 e. The second kappa shape index (κ2) is 7.13. The Hall–Kier alpha value is -2.27. The summed E-state index contributed by atoms with van der Waals surface area (Å²) in [5, 5.41) is 3.33. The van der Waals surface area contributed by atoms with Crippen molar-refractivity contribution in [3.63, 3.8) is 0 Å². The van der Waals surface area contributed by atoms with E-state index in [0.29, 0.717) is 17.3 Å². The second-order valence-electron chi connectivity index (χ2n) is 4.70. The summed E-state index contributed by atoms with van der Waals surface area (Å²) in [6.45, 7) is 3.92. The van der Waals surface area contributed by atoms with Crippen molar-refractivity contribution in [3.8, 4) is 5.75 Å². The number of ether oxygens (including phenoxy) is 1. The van der Waals surface area contributed by atoms with E-state index in [0.717, 1.165) is 5.56 Å². The lowest BCUT2D eigenvalue weighted by molar-refractivity contribution is -0.116. The predicted octanol–water partition coefficient (Wildman–Crippen LogP) is 2.85. The van der Waals surface area contributed by atoms with Crippen LogP contribution in [0.5, 0.6) is 5.75 Å². The molecule has 0 aliphatic rings. The number of carbonyl (C=O) groups excluding carboxylic acids is 1. The van der Waals surface area contributed by atoms with Gasteiger partial charge < -0.3 is 14.6 Å². The zero-order chi connectivity index (χ0) is 16.1. The molecule has 22 heavy (non-hydrogen) atoms. The number of nitrogens with zero attached hydrogens (tertiary/aromatic N) is 1. The average Bonchev–Trinajstić information content (AvgIpc) is 2.48. The third kappa shape index (κ3) is 3.68. The highest BCUT2D eigenvalue weighted by molar-refractivity contribution is 6.31. The van der Waals surface area contributed by atoms with E-state index in [4.69, 9.17) is 16.3 Å². The van der Waals surface area contributed by atoms with Gasteiger partial charge in [0.1, 0.15) is 6.54 Å². The Kier molecular flexibility index (Phi) is 5.22. The Bertz CT molecular complexity index is 740. The van der Waals surface area contributed by atoms with Crippen LogP contribution in [-0.4, -0.2) is 17.1 Å². The van der Waals surface area contributed by atoms with Crippen LogP contribution in [0.25, 0.3) is 0 Å². The predicted molar refractivity (Wildman–Crippen MR) is 86.7 cm³/mol. The topological polar surface area (TPSA) is 60.3 Å². The fraction of sp³-hybridized carbons (Fsp3) is 0.250. The first-order chi connectivity index (χ1) is 10.5. The van der Waals surface area contributed by atoms with Gasteiger partial charge in [-0.15, -0.1) is 0 Å². The highest BCUT2D eigenvalue weighted by atomic mass is 35.5. The number of hydrogen-bond acceptors (Lipinski definition) is 3. The molecular weight excluding hydrogens is 304 g/mol. The summed E-state index contributed by atoms with van der Waals surface area (Å²) in [4.78, 5) is 24.2. The summed E-state index contributed by atoms with van der Waals surface area (Å²) in [5.74, 6) is -0.0714. The van der Waals surface area contributed by atoms with Crippen molar-refractivity contribution in [1.82, 2.24) is 4.57 Å². The summed E-state index contributed by atoms with van der Waals surface area (Å²) in [6.07, 6.45) is 1.55. The molecule has 0 atom stereocenters. The molecule has 5 nitrogen and oxygen atoms in total. The first-order valence-corrected chi connectivity index (χ1v) is 7.28. The highest BCUT2D eigenvalue weighted by Crippen LogP contribution is 2.22. The summed E-state index contributed by atoms with van der Waals surface area (Å²) >= 11 is 6.02. The largest absolute Gasteiger partial charge is 0.488 e. The van der Waals surface area contributed by atoms with E-state index in [2.05, 4.69) is 5.32 Å². The number of anilines is 1. The molecule has 0 bridgehead atoms. The third-order valence-corrected chi connectivity index (χ3v) is 3.55. The molecule has 0 aliphatic carbocycles. The normalized spacial score (nSPS) is 10.3. The average molecular weight is 321 g/mol. The minimum atomic E-state index is -0.331. The molecule has 116 valence electrons. The smallest absolute Gasteiger partial charge is 0.293 e. The van der Waals surface area contributed by atoms with Gasteiger partial charge in [-0.25, -0.2) is 0 Å². The van der Waals surface area contributed by atoms with Crippen LogP contribution in [0.1, 0.15) is 12.5 Å². The van der Waals surface area contributed by atoms with Gasteiger partial charge in [-0.1, -0.05) is 17.7 Å². The number of carbonyl (C=O) groups is 1. The first kappa shape index (κ1) is 16.1. The second-order valence-corrected chi connectivity index (χ2v) is 5.11. The minimum absolute atomic E-state index is 0.0916. The number of halogens is 1. The molecule has 6 heteroatoms. The molecule has 1 aromatic carbocycles. The molecule has 1 amide bonds. The number of aromatic nitrogens is 1. The van der Waals surface area contributed by atoms with Gasteiger partial charge in [0, 0.05) is 16.9 Å². The molecule has 0 spiro atoms. The molecule has 1 N–H and O–H groups in total. The third-order valence-electron chi connectivity index (χ3n) is 3.14. The van der Waals surface area contributed by atoms with Crippen LogP contribution in [0.3, 0.4) is 0 Å². The summed E-state index contributed by atoms with van der Waals surface area (Å²) in [7, 11) is 0. The van der Waals surface area contributed by atoms with Crippen molar-refractivity contribution in [3.05, 3.63) is 57.5 Å². The molecule has 1 aromatic heterocycles. The van der Waals surface area contributed by atoms with Gasteiger partial charge >= 0.3 is 0 Å². The molecule has 0 saturated heterocycles. The van der Waals surface area contributed by atoms with Crippen LogP contribution < -0.4 is 15.6 Å². The fourth-order valence-electron chi connectivity index (χ4n) is 1.99. The van der Waals surface area contributed by atoms with E-state index >= 15 is 0 Å². The van der Waals surface area contributed by atoms with Crippen molar-refractivity contribution in [2.24, 2.45) is 0 Å².